The number of nitrogens with one attached hydrogen (secondary N) is 1. The van der Waals surface area contributed by atoms with Crippen LogP contribution in [0.15, 0.2) is 18.2 Å². The average Bonchev–Trinajstić information content (AvgIpc) is 2.89. The molecule has 1 aromatic rings. The molecule has 39 heavy (non-hydrogen) atoms. The lowest BCUT2D eigenvalue weighted by molar-refractivity contribution is -0.00295. The van der Waals surface area contributed by atoms with Gasteiger partial charge in [0.25, 0.3) is 5.91 Å². The summed E-state index contributed by atoms with van der Waals surface area (Å²) in [5, 5.41) is 3.40. The first-order valence-electron chi connectivity index (χ1n) is 14.1. The monoisotopic (exact) mass is 551 g/mol. The van der Waals surface area contributed by atoms with Crippen LogP contribution in [0, 0.1) is 12.8 Å². The molecule has 0 aliphatic carbocycles. The normalized spacial score (nSPS) is 12.4. The van der Waals surface area contributed by atoms with Crippen molar-refractivity contribution >= 4 is 12.0 Å². The van der Waals surface area contributed by atoms with Gasteiger partial charge in [0.2, 0.25) is 0 Å². The van der Waals surface area contributed by atoms with Crippen molar-refractivity contribution in [3.63, 3.8) is 0 Å². The second-order valence-corrected chi connectivity index (χ2v) is 10.9. The lowest BCUT2D eigenvalue weighted by Gasteiger charge is -2.30. The lowest BCUT2D eigenvalue weighted by Crippen LogP contribution is -2.41. The first-order chi connectivity index (χ1) is 18.4. The van der Waals surface area contributed by atoms with Crippen LogP contribution in [0.2, 0.25) is 0 Å². The fraction of sp³-hybridized carbons (Fsp3) is 0.733. The van der Waals surface area contributed by atoms with E-state index in [2.05, 4.69) is 12.2 Å². The summed E-state index contributed by atoms with van der Waals surface area (Å²) >= 11 is 0. The minimum atomic E-state index is -0.349. The topological polar surface area (TPSA) is 89.6 Å². The number of benzene rings is 1. The highest BCUT2D eigenvalue weighted by molar-refractivity contribution is 5.95. The average molecular weight is 552 g/mol. The van der Waals surface area contributed by atoms with Gasteiger partial charge in [0.05, 0.1) is 18.8 Å². The van der Waals surface area contributed by atoms with E-state index in [9.17, 15) is 9.59 Å². The number of carbonyl (C=O) groups is 2. The molecule has 0 bridgehead atoms. The molecule has 0 heterocycles. The number of methoxy groups -OCH3 is 2. The minimum Gasteiger partial charge on any atom is -0.493 e. The Morgan fingerprint density at radius 1 is 1.10 bits per heavy atom. The molecule has 9 nitrogen and oxygen atoms in total. The van der Waals surface area contributed by atoms with Crippen molar-refractivity contribution in [2.45, 2.75) is 72.4 Å². The maximum absolute atomic E-state index is 13.5. The van der Waals surface area contributed by atoms with E-state index in [0.29, 0.717) is 44.9 Å². The Labute approximate surface area is 236 Å². The first kappa shape index (κ1) is 34.7. The highest BCUT2D eigenvalue weighted by atomic mass is 16.6. The van der Waals surface area contributed by atoms with E-state index in [0.717, 1.165) is 37.2 Å². The summed E-state index contributed by atoms with van der Waals surface area (Å²) in [6, 6.07) is 5.65. The van der Waals surface area contributed by atoms with Crippen LogP contribution < -0.4 is 10.1 Å². The zero-order valence-electron chi connectivity index (χ0n) is 25.8. The molecule has 0 aromatic heterocycles. The number of hydrogen-bond acceptors (Lipinski definition) is 7. The van der Waals surface area contributed by atoms with Crippen molar-refractivity contribution in [3.05, 3.63) is 29.3 Å². The summed E-state index contributed by atoms with van der Waals surface area (Å²) in [6.45, 7) is 16.2. The predicted octanol–water partition coefficient (Wildman–Crippen LogP) is 4.76. The second-order valence-electron chi connectivity index (χ2n) is 10.9. The third-order valence-electron chi connectivity index (χ3n) is 6.86. The standard InChI is InChI=1S/C30H53N3O6/c1-10-31-21-25(22-32(7)29(35)39-19-15-30(5,6)37-9)14-16-33(23(2)3)28(34)26-13-12-24(4)27(20-26)38-18-11-17-36-8/h12-13,20,23,25,31H,10-11,14-19,21-22H2,1-9H3/t25-/m0/s1. The largest absolute Gasteiger partial charge is 0.493 e. The number of hydrogen-bond donors (Lipinski definition) is 1. The molecule has 9 heteroatoms. The van der Waals surface area contributed by atoms with E-state index in [-0.39, 0.29) is 29.6 Å². The number of ether oxygens (including phenoxy) is 4. The molecular weight excluding hydrogens is 498 g/mol. The Bertz CT molecular complexity index is 861. The molecule has 1 rings (SSSR count). The third kappa shape index (κ3) is 13.0. The molecule has 0 radical (unpaired) electrons. The zero-order valence-corrected chi connectivity index (χ0v) is 25.8. The third-order valence-corrected chi connectivity index (χ3v) is 6.86. The van der Waals surface area contributed by atoms with Gasteiger partial charge in [0.1, 0.15) is 5.75 Å². The summed E-state index contributed by atoms with van der Waals surface area (Å²) < 4.78 is 21.9. The maximum Gasteiger partial charge on any atom is 0.409 e. The Balaban J connectivity index is 2.83. The van der Waals surface area contributed by atoms with Gasteiger partial charge < -0.3 is 34.1 Å². The molecule has 1 atom stereocenters. The minimum absolute atomic E-state index is 0.0245. The highest BCUT2D eigenvalue weighted by Crippen LogP contribution is 2.22. The number of aryl methyl sites for hydroxylation is 1. The van der Waals surface area contributed by atoms with E-state index < -0.39 is 0 Å². The molecule has 0 spiro atoms. The molecule has 0 aliphatic heterocycles. The second kappa shape index (κ2) is 18.1. The molecule has 0 unspecified atom stereocenters. The van der Waals surface area contributed by atoms with Crippen LogP contribution in [0.25, 0.3) is 0 Å². The molecule has 0 saturated heterocycles. The van der Waals surface area contributed by atoms with Crippen LogP contribution in [0.3, 0.4) is 0 Å². The Hall–Kier alpha value is -2.36. The van der Waals surface area contributed by atoms with Crippen LogP contribution in [-0.2, 0) is 14.2 Å². The van der Waals surface area contributed by atoms with Crippen LogP contribution in [0.5, 0.6) is 5.75 Å². The van der Waals surface area contributed by atoms with E-state index in [1.54, 1.807) is 26.2 Å². The van der Waals surface area contributed by atoms with Crippen LogP contribution in [0.1, 0.15) is 69.8 Å². The number of nitrogens with zero attached hydrogens (tertiary/aromatic N) is 2. The van der Waals surface area contributed by atoms with E-state index >= 15 is 0 Å². The summed E-state index contributed by atoms with van der Waals surface area (Å²) in [6.07, 6.45) is 1.80. The Morgan fingerprint density at radius 2 is 1.82 bits per heavy atom. The van der Waals surface area contributed by atoms with Gasteiger partial charge in [-0.15, -0.1) is 0 Å². The lowest BCUT2D eigenvalue weighted by atomic mass is 10.0. The van der Waals surface area contributed by atoms with Gasteiger partial charge in [-0.3, -0.25) is 4.79 Å². The molecule has 0 aliphatic rings. The van der Waals surface area contributed by atoms with Gasteiger partial charge in [-0.25, -0.2) is 4.79 Å². The van der Waals surface area contributed by atoms with Crippen LogP contribution in [0.4, 0.5) is 4.79 Å². The van der Waals surface area contributed by atoms with Crippen molar-refractivity contribution in [1.82, 2.24) is 15.1 Å². The van der Waals surface area contributed by atoms with Gasteiger partial charge in [-0.2, -0.15) is 0 Å². The molecule has 0 saturated carbocycles. The van der Waals surface area contributed by atoms with Gasteiger partial charge in [0, 0.05) is 65.4 Å². The summed E-state index contributed by atoms with van der Waals surface area (Å²) in [7, 11) is 5.08. The predicted molar refractivity (Wildman–Crippen MR) is 156 cm³/mol. The number of rotatable bonds is 19. The smallest absolute Gasteiger partial charge is 0.409 e. The van der Waals surface area contributed by atoms with Crippen molar-refractivity contribution in [2.75, 3.05) is 67.3 Å². The maximum atomic E-state index is 13.5. The molecule has 0 fully saturated rings. The van der Waals surface area contributed by atoms with E-state index in [4.69, 9.17) is 18.9 Å². The van der Waals surface area contributed by atoms with Crippen LogP contribution in [-0.4, -0.2) is 101 Å². The van der Waals surface area contributed by atoms with Gasteiger partial charge in [0.15, 0.2) is 0 Å². The number of carbonyl (C=O) groups excluding carboxylic acids is 2. The SMILES string of the molecule is CCNC[C@H](CCN(C(=O)c1ccc(C)c(OCCCOC)c1)C(C)C)CN(C)C(=O)OCCC(C)(C)OC. The Morgan fingerprint density at radius 3 is 2.44 bits per heavy atom. The molecular formula is C30H53N3O6. The molecule has 224 valence electrons. The summed E-state index contributed by atoms with van der Waals surface area (Å²) in [5.74, 6) is 0.854. The summed E-state index contributed by atoms with van der Waals surface area (Å²) in [5.41, 5.74) is 1.26. The number of amides is 2. The van der Waals surface area contributed by atoms with Crippen molar-refractivity contribution < 1.29 is 28.5 Å². The van der Waals surface area contributed by atoms with Crippen molar-refractivity contribution in [2.24, 2.45) is 5.92 Å². The Kier molecular flexibility index (Phi) is 16.1. The van der Waals surface area contributed by atoms with E-state index in [1.807, 2.05) is 57.7 Å². The van der Waals surface area contributed by atoms with Crippen molar-refractivity contribution in [3.8, 4) is 5.75 Å². The van der Waals surface area contributed by atoms with Gasteiger partial charge in [-0.1, -0.05) is 13.0 Å². The van der Waals surface area contributed by atoms with E-state index in [1.165, 1.54) is 0 Å². The van der Waals surface area contributed by atoms with Crippen LogP contribution >= 0.6 is 0 Å². The fourth-order valence-corrected chi connectivity index (χ4v) is 4.02. The van der Waals surface area contributed by atoms with Gasteiger partial charge >= 0.3 is 6.09 Å². The first-order valence-corrected chi connectivity index (χ1v) is 14.1. The summed E-state index contributed by atoms with van der Waals surface area (Å²) in [4.78, 5) is 29.7. The molecule has 1 aromatic carbocycles. The molecule has 1 N–H and O–H groups in total. The zero-order chi connectivity index (χ0) is 29.4. The highest BCUT2D eigenvalue weighted by Gasteiger charge is 2.24. The quantitative estimate of drug-likeness (QED) is 0.248. The van der Waals surface area contributed by atoms with Gasteiger partial charge in [-0.05, 0) is 77.7 Å². The van der Waals surface area contributed by atoms with Crippen molar-refractivity contribution in [1.29, 1.82) is 0 Å². The molecule has 2 amide bonds. The fourth-order valence-electron chi connectivity index (χ4n) is 4.02.